The molecule has 2 N–H and O–H groups in total. The maximum Gasteiger partial charge on any atom is 0.156 e. The Morgan fingerprint density at radius 1 is 1.69 bits per heavy atom. The van der Waals surface area contributed by atoms with Crippen molar-refractivity contribution in [3.05, 3.63) is 17.6 Å². The van der Waals surface area contributed by atoms with Gasteiger partial charge in [0.1, 0.15) is 24.1 Å². The highest BCUT2D eigenvalue weighted by atomic mass is 16.5. The Morgan fingerprint density at radius 2 is 2.46 bits per heavy atom. The van der Waals surface area contributed by atoms with Crippen LogP contribution < -0.4 is 5.73 Å². The second-order valence-electron chi connectivity index (χ2n) is 2.33. The van der Waals surface area contributed by atoms with Crippen molar-refractivity contribution in [3.8, 4) is 6.07 Å². The van der Waals surface area contributed by atoms with Crippen molar-refractivity contribution in [2.45, 2.75) is 13.5 Å². The Labute approximate surface area is 76.2 Å². The van der Waals surface area contributed by atoms with Gasteiger partial charge >= 0.3 is 0 Å². The zero-order valence-corrected chi connectivity index (χ0v) is 7.32. The van der Waals surface area contributed by atoms with E-state index in [0.29, 0.717) is 24.6 Å². The molecule has 1 aromatic rings. The summed E-state index contributed by atoms with van der Waals surface area (Å²) < 4.78 is 5.08. The number of nitriles is 1. The first-order valence-corrected chi connectivity index (χ1v) is 3.87. The van der Waals surface area contributed by atoms with Crippen molar-refractivity contribution >= 4 is 5.82 Å². The minimum Gasteiger partial charge on any atom is -0.382 e. The summed E-state index contributed by atoms with van der Waals surface area (Å²) in [5.41, 5.74) is 5.77. The normalized spacial score (nSPS) is 9.54. The SMILES string of the molecule is CCOCc1ncc(C#N)c(N)n1. The standard InChI is InChI=1S/C8H10N4O/c1-2-13-5-7-11-4-6(3-9)8(10)12-7/h4H,2,5H2,1H3,(H2,10,11,12). The van der Waals surface area contributed by atoms with Crippen molar-refractivity contribution in [2.24, 2.45) is 0 Å². The van der Waals surface area contributed by atoms with E-state index in [4.69, 9.17) is 15.7 Å². The lowest BCUT2D eigenvalue weighted by Crippen LogP contribution is -2.03. The van der Waals surface area contributed by atoms with Gasteiger partial charge < -0.3 is 10.5 Å². The summed E-state index contributed by atoms with van der Waals surface area (Å²) in [4.78, 5) is 7.81. The van der Waals surface area contributed by atoms with Crippen LogP contribution in [-0.2, 0) is 11.3 Å². The summed E-state index contributed by atoms with van der Waals surface area (Å²) in [5.74, 6) is 0.700. The van der Waals surface area contributed by atoms with Crippen LogP contribution in [0, 0.1) is 11.3 Å². The van der Waals surface area contributed by atoms with E-state index in [1.54, 1.807) is 0 Å². The van der Waals surface area contributed by atoms with Gasteiger partial charge in [0.05, 0.1) is 6.20 Å². The minimum absolute atomic E-state index is 0.201. The molecule has 0 spiro atoms. The third-order valence-corrected chi connectivity index (χ3v) is 1.42. The molecule has 0 atom stereocenters. The lowest BCUT2D eigenvalue weighted by Gasteiger charge is -2.01. The van der Waals surface area contributed by atoms with E-state index >= 15 is 0 Å². The number of aromatic nitrogens is 2. The number of nitrogens with zero attached hydrogens (tertiary/aromatic N) is 3. The molecule has 0 saturated carbocycles. The number of nitrogens with two attached hydrogens (primary N) is 1. The van der Waals surface area contributed by atoms with E-state index in [-0.39, 0.29) is 5.82 Å². The van der Waals surface area contributed by atoms with Crippen LogP contribution in [0.3, 0.4) is 0 Å². The van der Waals surface area contributed by atoms with Crippen molar-refractivity contribution in [3.63, 3.8) is 0 Å². The van der Waals surface area contributed by atoms with E-state index in [1.807, 2.05) is 13.0 Å². The first kappa shape index (κ1) is 9.42. The second kappa shape index (κ2) is 4.38. The molecule has 0 fully saturated rings. The molecule has 0 radical (unpaired) electrons. The molecule has 0 amide bonds. The number of rotatable bonds is 3. The van der Waals surface area contributed by atoms with Gasteiger partial charge in [-0.25, -0.2) is 9.97 Å². The fraction of sp³-hybridized carbons (Fsp3) is 0.375. The van der Waals surface area contributed by atoms with Crippen LogP contribution in [0.25, 0.3) is 0 Å². The van der Waals surface area contributed by atoms with Crippen molar-refractivity contribution in [1.82, 2.24) is 9.97 Å². The number of hydrogen-bond acceptors (Lipinski definition) is 5. The molecule has 1 heterocycles. The third kappa shape index (κ3) is 2.39. The van der Waals surface area contributed by atoms with E-state index in [1.165, 1.54) is 6.20 Å². The van der Waals surface area contributed by atoms with Crippen molar-refractivity contribution in [2.75, 3.05) is 12.3 Å². The van der Waals surface area contributed by atoms with E-state index in [9.17, 15) is 0 Å². The highest BCUT2D eigenvalue weighted by molar-refractivity contribution is 5.46. The van der Waals surface area contributed by atoms with Gasteiger partial charge in [-0.05, 0) is 6.92 Å². The Kier molecular flexibility index (Phi) is 3.17. The van der Waals surface area contributed by atoms with E-state index in [0.717, 1.165) is 0 Å². The van der Waals surface area contributed by atoms with Crippen molar-refractivity contribution in [1.29, 1.82) is 5.26 Å². The molecule has 0 aliphatic rings. The number of anilines is 1. The van der Waals surface area contributed by atoms with Crippen LogP contribution in [0.15, 0.2) is 6.20 Å². The molecule has 68 valence electrons. The van der Waals surface area contributed by atoms with Crippen molar-refractivity contribution < 1.29 is 4.74 Å². The highest BCUT2D eigenvalue weighted by Gasteiger charge is 2.02. The molecule has 0 bridgehead atoms. The molecule has 0 saturated heterocycles. The number of nitrogen functional groups attached to an aromatic ring is 1. The maximum absolute atomic E-state index is 8.54. The monoisotopic (exact) mass is 178 g/mol. The molecule has 0 aliphatic carbocycles. The molecule has 13 heavy (non-hydrogen) atoms. The topological polar surface area (TPSA) is 84.8 Å². The summed E-state index contributed by atoms with van der Waals surface area (Å²) in [6, 6.07) is 1.89. The van der Waals surface area contributed by atoms with Crippen LogP contribution in [-0.4, -0.2) is 16.6 Å². The molecule has 0 aliphatic heterocycles. The Morgan fingerprint density at radius 3 is 3.00 bits per heavy atom. The molecule has 0 aromatic carbocycles. The largest absolute Gasteiger partial charge is 0.382 e. The number of hydrogen-bond donors (Lipinski definition) is 1. The second-order valence-corrected chi connectivity index (χ2v) is 2.33. The highest BCUT2D eigenvalue weighted by Crippen LogP contribution is 2.05. The molecule has 1 rings (SSSR count). The fourth-order valence-corrected chi connectivity index (χ4v) is 0.782. The van der Waals surface area contributed by atoms with Gasteiger partial charge in [0.15, 0.2) is 5.82 Å². The average molecular weight is 178 g/mol. The van der Waals surface area contributed by atoms with Crippen LogP contribution in [0.2, 0.25) is 0 Å². The zero-order valence-electron chi connectivity index (χ0n) is 7.32. The number of ether oxygens (including phenoxy) is 1. The predicted molar refractivity (Wildman–Crippen MR) is 46.5 cm³/mol. The molecular weight excluding hydrogens is 168 g/mol. The summed E-state index contributed by atoms with van der Waals surface area (Å²) >= 11 is 0. The molecule has 5 nitrogen and oxygen atoms in total. The fourth-order valence-electron chi connectivity index (χ4n) is 0.782. The van der Waals surface area contributed by atoms with Crippen LogP contribution in [0.1, 0.15) is 18.3 Å². The Balaban J connectivity index is 2.79. The molecule has 0 unspecified atom stereocenters. The van der Waals surface area contributed by atoms with E-state index in [2.05, 4.69) is 9.97 Å². The molecule has 5 heteroatoms. The maximum atomic E-state index is 8.54. The quantitative estimate of drug-likeness (QED) is 0.727. The Hall–Kier alpha value is -1.67. The van der Waals surface area contributed by atoms with Gasteiger partial charge in [0.25, 0.3) is 0 Å². The van der Waals surface area contributed by atoms with Crippen LogP contribution in [0.5, 0.6) is 0 Å². The summed E-state index contributed by atoms with van der Waals surface area (Å²) in [6.07, 6.45) is 1.40. The summed E-state index contributed by atoms with van der Waals surface area (Å²) in [6.45, 7) is 2.81. The lowest BCUT2D eigenvalue weighted by molar-refractivity contribution is 0.128. The minimum atomic E-state index is 0.201. The van der Waals surface area contributed by atoms with Gasteiger partial charge in [-0.3, -0.25) is 0 Å². The molecular formula is C8H10N4O. The van der Waals surface area contributed by atoms with Gasteiger partial charge in [-0.2, -0.15) is 5.26 Å². The Bertz CT molecular complexity index is 331. The van der Waals surface area contributed by atoms with Gasteiger partial charge in [-0.1, -0.05) is 0 Å². The summed E-state index contributed by atoms with van der Waals surface area (Å²) in [5, 5.41) is 8.54. The summed E-state index contributed by atoms with van der Waals surface area (Å²) in [7, 11) is 0. The smallest absolute Gasteiger partial charge is 0.156 e. The molecule has 1 aromatic heterocycles. The predicted octanol–water partition coefficient (Wildman–Crippen LogP) is 0.467. The lowest BCUT2D eigenvalue weighted by atomic mass is 10.3. The third-order valence-electron chi connectivity index (χ3n) is 1.42. The van der Waals surface area contributed by atoms with E-state index < -0.39 is 0 Å². The zero-order chi connectivity index (χ0) is 9.68. The van der Waals surface area contributed by atoms with Gasteiger partial charge in [0, 0.05) is 6.61 Å². The average Bonchev–Trinajstić information content (AvgIpc) is 2.15. The van der Waals surface area contributed by atoms with Crippen LogP contribution in [0.4, 0.5) is 5.82 Å². The first-order valence-electron chi connectivity index (χ1n) is 3.87. The van der Waals surface area contributed by atoms with Gasteiger partial charge in [0.2, 0.25) is 0 Å². The first-order chi connectivity index (χ1) is 6.27. The van der Waals surface area contributed by atoms with Crippen LogP contribution >= 0.6 is 0 Å². The van der Waals surface area contributed by atoms with Gasteiger partial charge in [-0.15, -0.1) is 0 Å².